The molecule has 0 atom stereocenters. The van der Waals surface area contributed by atoms with Crippen molar-refractivity contribution in [2.24, 2.45) is 7.05 Å². The van der Waals surface area contributed by atoms with Crippen LogP contribution in [0.2, 0.25) is 0 Å². The minimum atomic E-state index is 0. The van der Waals surface area contributed by atoms with E-state index in [4.69, 9.17) is 9.97 Å². The average Bonchev–Trinajstić information content (AvgIpc) is 3.48. The molecule has 0 spiro atoms. The number of anilines is 1. The number of halogens is 1. The molecule has 192 valence electrons. The van der Waals surface area contributed by atoms with Gasteiger partial charge in [0.05, 0.1) is 12.7 Å². The van der Waals surface area contributed by atoms with Crippen LogP contribution in [0.5, 0.6) is 0 Å². The van der Waals surface area contributed by atoms with Gasteiger partial charge in [-0.1, -0.05) is 42.5 Å². The molecule has 1 N–H and O–H groups in total. The highest BCUT2D eigenvalue weighted by Crippen LogP contribution is 2.42. The van der Waals surface area contributed by atoms with Gasteiger partial charge in [-0.15, -0.1) is 22.6 Å². The van der Waals surface area contributed by atoms with Crippen molar-refractivity contribution < 1.29 is 0 Å². The normalized spacial score (nSPS) is 18.3. The summed E-state index contributed by atoms with van der Waals surface area (Å²) in [6.45, 7) is 0. The van der Waals surface area contributed by atoms with Crippen molar-refractivity contribution in [2.75, 3.05) is 19.4 Å². The van der Waals surface area contributed by atoms with Crippen LogP contribution in [0.15, 0.2) is 48.5 Å². The number of nitrogens with zero attached hydrogens (tertiary/aromatic N) is 7. The lowest BCUT2D eigenvalue weighted by Gasteiger charge is -2.33. The fraction of sp³-hybridized carbons (Fsp3) is 0.393. The second kappa shape index (κ2) is 10.6. The first-order chi connectivity index (χ1) is 17.5. The highest BCUT2D eigenvalue weighted by molar-refractivity contribution is 5.86. The molecule has 1 fully saturated rings. The SMILES string of the molecule is CN(C)C1CCC(Nc2nc(Cc3ccccc3)nc3c2-c2ccc(-c4nnn(C)n4)cc2C3)CC1.Cl. The zero-order valence-corrected chi connectivity index (χ0v) is 22.4. The molecule has 0 amide bonds. The second-order valence-electron chi connectivity index (χ2n) is 10.2. The Bertz CT molecular complexity index is 1380. The molecule has 1 saturated carbocycles. The summed E-state index contributed by atoms with van der Waals surface area (Å²) in [6, 6.07) is 18.0. The molecule has 0 aliphatic heterocycles. The first kappa shape index (κ1) is 25.3. The van der Waals surface area contributed by atoms with Gasteiger partial charge in [0.1, 0.15) is 11.6 Å². The Morgan fingerprint density at radius 1 is 1.00 bits per heavy atom. The van der Waals surface area contributed by atoms with Crippen molar-refractivity contribution in [1.82, 2.24) is 35.1 Å². The van der Waals surface area contributed by atoms with Crippen LogP contribution in [0.4, 0.5) is 5.82 Å². The molecule has 2 aliphatic carbocycles. The summed E-state index contributed by atoms with van der Waals surface area (Å²) in [5.74, 6) is 2.49. The molecule has 0 radical (unpaired) electrons. The summed E-state index contributed by atoms with van der Waals surface area (Å²) in [5.41, 5.74) is 6.88. The van der Waals surface area contributed by atoms with Gasteiger partial charge in [0.2, 0.25) is 5.82 Å². The first-order valence-corrected chi connectivity index (χ1v) is 12.8. The Labute approximate surface area is 223 Å². The van der Waals surface area contributed by atoms with Crippen LogP contribution in [-0.2, 0) is 19.9 Å². The maximum atomic E-state index is 5.10. The summed E-state index contributed by atoms with van der Waals surface area (Å²) >= 11 is 0. The van der Waals surface area contributed by atoms with Crippen molar-refractivity contribution in [3.05, 3.63) is 71.2 Å². The number of hydrogen-bond donors (Lipinski definition) is 1. The van der Waals surface area contributed by atoms with Crippen LogP contribution in [0, 0.1) is 0 Å². The maximum absolute atomic E-state index is 5.10. The van der Waals surface area contributed by atoms with Crippen molar-refractivity contribution in [3.63, 3.8) is 0 Å². The van der Waals surface area contributed by atoms with Gasteiger partial charge in [0.25, 0.3) is 0 Å². The molecule has 2 aromatic heterocycles. The number of rotatable bonds is 6. The standard InChI is InChI=1S/C28H32N8.ClH/c1-35(2)22-12-10-21(11-13-22)29-28-26-23-14-9-19(27-32-34-36(3)33-27)16-20(23)17-24(26)30-25(31-28)15-18-7-5-4-6-8-18;/h4-9,14,16,21-22H,10-13,15,17H2,1-3H3,(H,29,30,31);1H. The smallest absolute Gasteiger partial charge is 0.204 e. The van der Waals surface area contributed by atoms with E-state index in [1.807, 2.05) is 6.07 Å². The van der Waals surface area contributed by atoms with Crippen LogP contribution in [0.3, 0.4) is 0 Å². The van der Waals surface area contributed by atoms with Gasteiger partial charge in [0.15, 0.2) is 0 Å². The van der Waals surface area contributed by atoms with E-state index >= 15 is 0 Å². The van der Waals surface area contributed by atoms with E-state index in [9.17, 15) is 0 Å². The molecule has 8 nitrogen and oxygen atoms in total. The lowest BCUT2D eigenvalue weighted by Crippen LogP contribution is -2.36. The predicted octanol–water partition coefficient (Wildman–Crippen LogP) is 4.54. The Balaban J connectivity index is 0.00000280. The predicted molar refractivity (Wildman–Crippen MR) is 148 cm³/mol. The van der Waals surface area contributed by atoms with Gasteiger partial charge < -0.3 is 10.2 Å². The third-order valence-electron chi connectivity index (χ3n) is 7.50. The minimum absolute atomic E-state index is 0. The van der Waals surface area contributed by atoms with Gasteiger partial charge in [-0.05, 0) is 67.7 Å². The van der Waals surface area contributed by atoms with E-state index in [0.717, 1.165) is 54.1 Å². The molecule has 37 heavy (non-hydrogen) atoms. The van der Waals surface area contributed by atoms with Crippen LogP contribution in [-0.4, -0.2) is 61.3 Å². The van der Waals surface area contributed by atoms with Gasteiger partial charge in [-0.3, -0.25) is 0 Å². The molecule has 9 heteroatoms. The molecular formula is C28H33ClN8. The second-order valence-corrected chi connectivity index (χ2v) is 10.2. The number of nitrogens with one attached hydrogen (secondary N) is 1. The Morgan fingerprint density at radius 3 is 2.49 bits per heavy atom. The van der Waals surface area contributed by atoms with Crippen LogP contribution in [0.25, 0.3) is 22.5 Å². The molecule has 6 rings (SSSR count). The number of aryl methyl sites for hydroxylation is 1. The molecule has 2 heterocycles. The highest BCUT2D eigenvalue weighted by Gasteiger charge is 2.29. The number of tetrazole rings is 1. The third-order valence-corrected chi connectivity index (χ3v) is 7.50. The number of fused-ring (bicyclic) bond motifs is 3. The Morgan fingerprint density at radius 2 is 1.78 bits per heavy atom. The van der Waals surface area contributed by atoms with Gasteiger partial charge in [0, 0.05) is 36.1 Å². The largest absolute Gasteiger partial charge is 0.367 e. The Hall–Kier alpha value is -3.36. The fourth-order valence-corrected chi connectivity index (χ4v) is 5.56. The van der Waals surface area contributed by atoms with E-state index in [2.05, 4.69) is 82.2 Å². The van der Waals surface area contributed by atoms with Crippen molar-refractivity contribution in [1.29, 1.82) is 0 Å². The van der Waals surface area contributed by atoms with Crippen molar-refractivity contribution >= 4 is 18.2 Å². The number of hydrogen-bond acceptors (Lipinski definition) is 7. The molecular weight excluding hydrogens is 484 g/mol. The summed E-state index contributed by atoms with van der Waals surface area (Å²) in [4.78, 5) is 14.0. The van der Waals surface area contributed by atoms with E-state index in [1.165, 1.54) is 34.3 Å². The molecule has 2 aliphatic rings. The van der Waals surface area contributed by atoms with Crippen LogP contribution >= 0.6 is 12.4 Å². The van der Waals surface area contributed by atoms with E-state index < -0.39 is 0 Å². The lowest BCUT2D eigenvalue weighted by molar-refractivity contribution is 0.221. The molecule has 0 saturated heterocycles. The molecule has 0 unspecified atom stereocenters. The zero-order valence-electron chi connectivity index (χ0n) is 21.6. The van der Waals surface area contributed by atoms with Gasteiger partial charge in [-0.25, -0.2) is 9.97 Å². The summed E-state index contributed by atoms with van der Waals surface area (Å²) in [7, 11) is 6.16. The van der Waals surface area contributed by atoms with Crippen molar-refractivity contribution in [3.8, 4) is 22.5 Å². The fourth-order valence-electron chi connectivity index (χ4n) is 5.56. The van der Waals surface area contributed by atoms with Crippen LogP contribution in [0.1, 0.15) is 48.3 Å². The topological polar surface area (TPSA) is 84.6 Å². The zero-order chi connectivity index (χ0) is 24.6. The van der Waals surface area contributed by atoms with E-state index in [1.54, 1.807) is 7.05 Å². The van der Waals surface area contributed by atoms with Crippen LogP contribution < -0.4 is 5.32 Å². The Kier molecular flexibility index (Phi) is 7.22. The summed E-state index contributed by atoms with van der Waals surface area (Å²) in [5, 5.41) is 16.4. The monoisotopic (exact) mass is 516 g/mol. The minimum Gasteiger partial charge on any atom is -0.367 e. The third kappa shape index (κ3) is 5.22. The molecule has 0 bridgehead atoms. The molecule has 2 aromatic carbocycles. The summed E-state index contributed by atoms with van der Waals surface area (Å²) < 4.78 is 0. The van der Waals surface area contributed by atoms with Crippen molar-refractivity contribution in [2.45, 2.75) is 50.6 Å². The highest BCUT2D eigenvalue weighted by atomic mass is 35.5. The van der Waals surface area contributed by atoms with Gasteiger partial charge in [-0.2, -0.15) is 4.80 Å². The lowest BCUT2D eigenvalue weighted by atomic mass is 9.90. The summed E-state index contributed by atoms with van der Waals surface area (Å²) in [6.07, 6.45) is 6.23. The number of aromatic nitrogens is 6. The molecule has 4 aromatic rings. The maximum Gasteiger partial charge on any atom is 0.204 e. The first-order valence-electron chi connectivity index (χ1n) is 12.8. The van der Waals surface area contributed by atoms with E-state index in [-0.39, 0.29) is 12.4 Å². The van der Waals surface area contributed by atoms with E-state index in [0.29, 0.717) is 17.9 Å². The average molecular weight is 517 g/mol. The number of benzene rings is 2. The van der Waals surface area contributed by atoms with Gasteiger partial charge >= 0.3 is 0 Å². The quantitative estimate of drug-likeness (QED) is 0.355.